The van der Waals surface area contributed by atoms with Crippen LogP contribution in [0.5, 0.6) is 0 Å². The number of carbonyl (C=O) groups excluding carboxylic acids is 4. The average Bonchev–Trinajstić information content (AvgIpc) is 0.986. The van der Waals surface area contributed by atoms with Gasteiger partial charge in [0, 0.05) is 19.3 Å². The van der Waals surface area contributed by atoms with Crippen molar-refractivity contribution < 1.29 is 80.2 Å². The van der Waals surface area contributed by atoms with Gasteiger partial charge in [0.15, 0.2) is 12.2 Å². The van der Waals surface area contributed by atoms with Crippen LogP contribution in [-0.4, -0.2) is 96.7 Å². The van der Waals surface area contributed by atoms with Gasteiger partial charge in [-0.05, 0) is 116 Å². The van der Waals surface area contributed by atoms with E-state index in [-0.39, 0.29) is 25.7 Å². The fraction of sp³-hybridized carbons (Fsp3) is 0.671. The summed E-state index contributed by atoms with van der Waals surface area (Å²) in [6, 6.07) is 0. The molecule has 0 aliphatic heterocycles. The molecule has 5 unspecified atom stereocenters. The number of phosphoric ester groups is 2. The second-order valence-corrected chi connectivity index (χ2v) is 27.4. The van der Waals surface area contributed by atoms with Gasteiger partial charge in [0.25, 0.3) is 0 Å². The van der Waals surface area contributed by atoms with Crippen LogP contribution in [0.2, 0.25) is 0 Å². The van der Waals surface area contributed by atoms with Crippen LogP contribution in [0.1, 0.15) is 285 Å². The number of unbranched alkanes of at least 4 members (excludes halogenated alkanes) is 22. The van der Waals surface area contributed by atoms with Gasteiger partial charge in [-0.2, -0.15) is 0 Å². The topological polar surface area (TPSA) is 237 Å². The highest BCUT2D eigenvalue weighted by Gasteiger charge is 2.30. The molecular weight excluding hydrogens is 1280 g/mol. The molecule has 560 valence electrons. The molecule has 0 saturated carbocycles. The minimum Gasteiger partial charge on any atom is -0.462 e. The molecule has 0 amide bonds. The van der Waals surface area contributed by atoms with Crippen molar-refractivity contribution >= 4 is 39.5 Å². The van der Waals surface area contributed by atoms with Gasteiger partial charge >= 0.3 is 39.5 Å². The third-order valence-electron chi connectivity index (χ3n) is 15.1. The number of aliphatic hydroxyl groups is 1. The second kappa shape index (κ2) is 70.6. The molecule has 0 bridgehead atoms. The lowest BCUT2D eigenvalue weighted by molar-refractivity contribution is -0.161. The Balaban J connectivity index is 5.45. The Morgan fingerprint density at radius 1 is 0.306 bits per heavy atom. The van der Waals surface area contributed by atoms with Crippen LogP contribution in [0.3, 0.4) is 0 Å². The summed E-state index contributed by atoms with van der Waals surface area (Å²) in [4.78, 5) is 72.7. The van der Waals surface area contributed by atoms with Crippen LogP contribution in [0.15, 0.2) is 134 Å². The molecule has 0 radical (unpaired) electrons. The molecule has 98 heavy (non-hydrogen) atoms. The number of ether oxygens (including phenoxy) is 4. The van der Waals surface area contributed by atoms with Crippen LogP contribution in [0.25, 0.3) is 0 Å². The number of allylic oxidation sites excluding steroid dienone is 21. The predicted molar refractivity (Wildman–Crippen MR) is 399 cm³/mol. The Hall–Kier alpha value is -4.80. The van der Waals surface area contributed by atoms with E-state index >= 15 is 0 Å². The number of carbonyl (C=O) groups is 4. The van der Waals surface area contributed by atoms with E-state index in [1.807, 2.05) is 30.4 Å². The van der Waals surface area contributed by atoms with Crippen molar-refractivity contribution in [1.29, 1.82) is 0 Å². The Morgan fingerprint density at radius 3 is 0.949 bits per heavy atom. The first-order valence-corrected chi connectivity index (χ1v) is 40.4. The SMILES string of the molecule is CC/C=C\C/C=C\C/C=C\C/C=C\C/C=C\CCCC(=O)OCC(COP(=O)(O)OCC(O)COP(=O)(O)OCC(COC(=O)C/C=C\C/C=C\C/C=C\C/C=C\C/C=C\CC)OC(=O)CCCCCCCCCCCCC)OC(=O)CCCCCCC/C=C\CCCCCCCC. The molecule has 0 aromatic rings. The molecule has 19 heteroatoms. The van der Waals surface area contributed by atoms with Gasteiger partial charge in [0.2, 0.25) is 0 Å². The first-order valence-electron chi connectivity index (χ1n) is 37.4. The van der Waals surface area contributed by atoms with Crippen LogP contribution < -0.4 is 0 Å². The van der Waals surface area contributed by atoms with Crippen molar-refractivity contribution in [3.05, 3.63) is 134 Å². The van der Waals surface area contributed by atoms with E-state index in [1.54, 1.807) is 6.08 Å². The summed E-state index contributed by atoms with van der Waals surface area (Å²) in [6.07, 6.45) is 77.8. The summed E-state index contributed by atoms with van der Waals surface area (Å²) in [6.45, 7) is 4.43. The van der Waals surface area contributed by atoms with Gasteiger partial charge in [-0.3, -0.25) is 37.3 Å². The lowest BCUT2D eigenvalue weighted by Crippen LogP contribution is -2.30. The third kappa shape index (κ3) is 69.7. The fourth-order valence-electron chi connectivity index (χ4n) is 9.50. The van der Waals surface area contributed by atoms with Gasteiger partial charge < -0.3 is 33.8 Å². The van der Waals surface area contributed by atoms with Crippen molar-refractivity contribution in [3.63, 3.8) is 0 Å². The molecule has 3 N–H and O–H groups in total. The van der Waals surface area contributed by atoms with Crippen molar-refractivity contribution in [2.75, 3.05) is 39.6 Å². The summed E-state index contributed by atoms with van der Waals surface area (Å²) in [5, 5.41) is 10.6. The zero-order valence-corrected chi connectivity index (χ0v) is 62.7. The summed E-state index contributed by atoms with van der Waals surface area (Å²) < 4.78 is 68.2. The number of aliphatic hydroxyl groups excluding tert-OH is 1. The predicted octanol–water partition coefficient (Wildman–Crippen LogP) is 21.3. The van der Waals surface area contributed by atoms with E-state index in [4.69, 9.17) is 37.0 Å². The Bertz CT molecular complexity index is 2380. The van der Waals surface area contributed by atoms with Gasteiger partial charge in [-0.25, -0.2) is 9.13 Å². The van der Waals surface area contributed by atoms with E-state index in [0.29, 0.717) is 32.1 Å². The maximum Gasteiger partial charge on any atom is 0.472 e. The van der Waals surface area contributed by atoms with Crippen LogP contribution in [0, 0.1) is 0 Å². The quantitative estimate of drug-likeness (QED) is 0.0169. The van der Waals surface area contributed by atoms with Gasteiger partial charge in [-0.1, -0.05) is 277 Å². The summed E-state index contributed by atoms with van der Waals surface area (Å²) >= 11 is 0. The molecule has 0 rings (SSSR count). The van der Waals surface area contributed by atoms with Crippen LogP contribution >= 0.6 is 15.6 Å². The van der Waals surface area contributed by atoms with Gasteiger partial charge in [-0.15, -0.1) is 0 Å². The summed E-state index contributed by atoms with van der Waals surface area (Å²) in [7, 11) is -9.99. The van der Waals surface area contributed by atoms with Crippen molar-refractivity contribution in [3.8, 4) is 0 Å². The molecule has 0 heterocycles. The summed E-state index contributed by atoms with van der Waals surface area (Å²) in [5.41, 5.74) is 0. The maximum absolute atomic E-state index is 13.1. The molecular formula is C79H132O17P2. The zero-order chi connectivity index (χ0) is 71.8. The third-order valence-corrected chi connectivity index (χ3v) is 17.0. The first-order chi connectivity index (χ1) is 47.7. The lowest BCUT2D eigenvalue weighted by atomic mass is 10.1. The molecule has 17 nitrogen and oxygen atoms in total. The van der Waals surface area contributed by atoms with E-state index in [0.717, 1.165) is 122 Å². The Labute approximate surface area is 593 Å². The smallest absolute Gasteiger partial charge is 0.462 e. The monoisotopic (exact) mass is 1410 g/mol. The molecule has 0 aromatic heterocycles. The highest BCUT2D eigenvalue weighted by Crippen LogP contribution is 2.45. The van der Waals surface area contributed by atoms with E-state index < -0.39 is 97.5 Å². The normalized spacial score (nSPS) is 14.7. The molecule has 0 aliphatic rings. The molecule has 0 aliphatic carbocycles. The highest BCUT2D eigenvalue weighted by molar-refractivity contribution is 7.47. The van der Waals surface area contributed by atoms with Gasteiger partial charge in [0.05, 0.1) is 32.8 Å². The van der Waals surface area contributed by atoms with Crippen molar-refractivity contribution in [2.45, 2.75) is 303 Å². The van der Waals surface area contributed by atoms with Crippen molar-refractivity contribution in [1.82, 2.24) is 0 Å². The summed E-state index contributed by atoms with van der Waals surface area (Å²) in [5.74, 6) is -2.40. The zero-order valence-electron chi connectivity index (χ0n) is 60.9. The average molecular weight is 1420 g/mol. The maximum atomic E-state index is 13.1. The molecule has 0 aromatic carbocycles. The molecule has 0 saturated heterocycles. The highest BCUT2D eigenvalue weighted by atomic mass is 31.2. The van der Waals surface area contributed by atoms with Gasteiger partial charge in [0.1, 0.15) is 19.3 Å². The first kappa shape index (κ1) is 93.2. The Morgan fingerprint density at radius 2 is 0.582 bits per heavy atom. The lowest BCUT2D eigenvalue weighted by Gasteiger charge is -2.21. The number of esters is 4. The largest absolute Gasteiger partial charge is 0.472 e. The minimum absolute atomic E-state index is 0.0684. The van der Waals surface area contributed by atoms with E-state index in [9.17, 15) is 43.2 Å². The van der Waals surface area contributed by atoms with Crippen LogP contribution in [0.4, 0.5) is 0 Å². The standard InChI is InChI=1S/C79H132O17P2/c1-5-9-13-17-21-25-29-32-35-36-39-41-45-48-52-56-60-64-77(82)90-70-75(96-79(84)66-62-58-54-50-46-42-38-34-31-27-23-19-15-11-7-3)72-94-98(87,88)92-68-73(80)67-91-97(85,86)93-71-74(95-78(83)65-61-57-53-49-43-28-24-20-16-12-8-4)69-89-76(81)63-59-55-51-47-44-40-37-33-30-26-22-18-14-10-6-2/h9-10,13-14,21-22,25-26,32-35,37-39,41,44,47-48,52,55,59,73-75,80H,5-8,11-12,15-20,23-24,27-31,36,40,42-43,45-46,49-51,53-54,56-58,60-72H2,1-4H3,(H,85,86)(H,87,88)/b13-9-,14-10-,25-21-,26-22-,35-32-,37-33-,38-34-,41-39-,47-44-,52-48-,59-55-. The van der Waals surface area contributed by atoms with Crippen molar-refractivity contribution in [2.24, 2.45) is 0 Å². The fourth-order valence-corrected chi connectivity index (χ4v) is 11.1. The van der Waals surface area contributed by atoms with E-state index in [2.05, 4.69) is 125 Å². The van der Waals surface area contributed by atoms with Crippen LogP contribution in [-0.2, 0) is 65.4 Å². The number of rotatable bonds is 69. The number of hydrogen-bond donors (Lipinski definition) is 3. The molecule has 5 atom stereocenters. The Kier molecular flexibility index (Phi) is 67.2. The number of hydrogen-bond acceptors (Lipinski definition) is 15. The second-order valence-electron chi connectivity index (χ2n) is 24.5. The number of phosphoric acid groups is 2. The molecule has 0 fully saturated rings. The van der Waals surface area contributed by atoms with E-state index in [1.165, 1.54) is 77.0 Å². The minimum atomic E-state index is -4.99. The molecule has 0 spiro atoms.